The molecule has 2 amide bonds. The molecule has 0 fully saturated rings. The van der Waals surface area contributed by atoms with Crippen molar-refractivity contribution in [3.8, 4) is 5.75 Å². The molecule has 0 aliphatic heterocycles. The SMILES string of the molecule is CCNC(=O)C(Cc1ccccc1)N(Cc1ccc(Cl)c(Cl)c1)C(=O)COc1ccccc1. The molecule has 5 nitrogen and oxygen atoms in total. The molecule has 0 aliphatic carbocycles. The molecule has 33 heavy (non-hydrogen) atoms. The number of ether oxygens (including phenoxy) is 1. The van der Waals surface area contributed by atoms with Gasteiger partial charge in [-0.1, -0.05) is 77.8 Å². The van der Waals surface area contributed by atoms with E-state index in [0.29, 0.717) is 28.8 Å². The Morgan fingerprint density at radius 3 is 2.21 bits per heavy atom. The van der Waals surface area contributed by atoms with Crippen LogP contribution in [0.3, 0.4) is 0 Å². The lowest BCUT2D eigenvalue weighted by atomic mass is 10.0. The van der Waals surface area contributed by atoms with E-state index < -0.39 is 6.04 Å². The Morgan fingerprint density at radius 2 is 1.58 bits per heavy atom. The van der Waals surface area contributed by atoms with Crippen molar-refractivity contribution in [3.05, 3.63) is 100 Å². The highest BCUT2D eigenvalue weighted by Crippen LogP contribution is 2.24. The molecule has 0 heterocycles. The second-order valence-electron chi connectivity index (χ2n) is 7.47. The minimum absolute atomic E-state index is 0.183. The molecule has 1 unspecified atom stereocenters. The highest BCUT2D eigenvalue weighted by Gasteiger charge is 2.30. The fraction of sp³-hybridized carbons (Fsp3) is 0.231. The average molecular weight is 485 g/mol. The van der Waals surface area contributed by atoms with Gasteiger partial charge in [0.15, 0.2) is 6.61 Å². The van der Waals surface area contributed by atoms with Gasteiger partial charge in [-0.3, -0.25) is 9.59 Å². The van der Waals surface area contributed by atoms with E-state index in [4.69, 9.17) is 27.9 Å². The summed E-state index contributed by atoms with van der Waals surface area (Å²) in [4.78, 5) is 28.0. The van der Waals surface area contributed by atoms with Gasteiger partial charge in [-0.25, -0.2) is 0 Å². The van der Waals surface area contributed by atoms with E-state index >= 15 is 0 Å². The van der Waals surface area contributed by atoms with Crippen LogP contribution in [0.5, 0.6) is 5.75 Å². The zero-order valence-electron chi connectivity index (χ0n) is 18.3. The van der Waals surface area contributed by atoms with Crippen LogP contribution in [-0.2, 0) is 22.6 Å². The molecule has 0 saturated carbocycles. The number of hydrogen-bond donors (Lipinski definition) is 1. The molecule has 3 aromatic carbocycles. The molecule has 0 spiro atoms. The van der Waals surface area contributed by atoms with Crippen molar-refractivity contribution in [2.24, 2.45) is 0 Å². The van der Waals surface area contributed by atoms with E-state index in [9.17, 15) is 9.59 Å². The van der Waals surface area contributed by atoms with Crippen LogP contribution >= 0.6 is 23.2 Å². The number of carbonyl (C=O) groups is 2. The molecular weight excluding hydrogens is 459 g/mol. The molecule has 7 heteroatoms. The Kier molecular flexibility index (Phi) is 9.16. The molecule has 0 aromatic heterocycles. The van der Waals surface area contributed by atoms with Gasteiger partial charge in [0.25, 0.3) is 5.91 Å². The first-order valence-corrected chi connectivity index (χ1v) is 11.5. The van der Waals surface area contributed by atoms with Crippen LogP contribution in [-0.4, -0.2) is 35.9 Å². The van der Waals surface area contributed by atoms with Gasteiger partial charge in [-0.05, 0) is 42.3 Å². The van der Waals surface area contributed by atoms with Crippen molar-refractivity contribution in [1.82, 2.24) is 10.2 Å². The summed E-state index contributed by atoms with van der Waals surface area (Å²) in [6.07, 6.45) is 0.366. The molecular formula is C26H26Cl2N2O3. The van der Waals surface area contributed by atoms with E-state index in [0.717, 1.165) is 11.1 Å². The third kappa shape index (κ3) is 7.24. The van der Waals surface area contributed by atoms with E-state index in [1.807, 2.05) is 55.5 Å². The largest absolute Gasteiger partial charge is 0.484 e. The maximum absolute atomic E-state index is 13.4. The average Bonchev–Trinajstić information content (AvgIpc) is 2.83. The van der Waals surface area contributed by atoms with Gasteiger partial charge in [0.1, 0.15) is 11.8 Å². The Labute approximate surface area is 204 Å². The first-order chi connectivity index (χ1) is 16.0. The number of carbonyl (C=O) groups excluding carboxylic acids is 2. The summed E-state index contributed by atoms with van der Waals surface area (Å²) in [5.74, 6) is 0.0459. The summed E-state index contributed by atoms with van der Waals surface area (Å²) in [5.41, 5.74) is 1.71. The van der Waals surface area contributed by atoms with Gasteiger partial charge in [-0.2, -0.15) is 0 Å². The van der Waals surface area contributed by atoms with Crippen LogP contribution in [0.1, 0.15) is 18.1 Å². The fourth-order valence-corrected chi connectivity index (χ4v) is 3.75. The third-order valence-electron chi connectivity index (χ3n) is 5.06. The number of hydrogen-bond acceptors (Lipinski definition) is 3. The second kappa shape index (κ2) is 12.3. The van der Waals surface area contributed by atoms with Crippen molar-refractivity contribution in [3.63, 3.8) is 0 Å². The van der Waals surface area contributed by atoms with E-state index in [1.165, 1.54) is 0 Å². The number of halogens is 2. The third-order valence-corrected chi connectivity index (χ3v) is 5.80. The summed E-state index contributed by atoms with van der Waals surface area (Å²) < 4.78 is 5.70. The van der Waals surface area contributed by atoms with Crippen LogP contribution in [0.15, 0.2) is 78.9 Å². The summed E-state index contributed by atoms with van der Waals surface area (Å²) >= 11 is 12.3. The van der Waals surface area contributed by atoms with Gasteiger partial charge < -0.3 is 15.0 Å². The highest BCUT2D eigenvalue weighted by atomic mass is 35.5. The number of benzene rings is 3. The molecule has 1 N–H and O–H groups in total. The number of para-hydroxylation sites is 1. The van der Waals surface area contributed by atoms with Crippen molar-refractivity contribution < 1.29 is 14.3 Å². The Morgan fingerprint density at radius 1 is 0.909 bits per heavy atom. The summed E-state index contributed by atoms with van der Waals surface area (Å²) in [6.45, 7) is 2.29. The lowest BCUT2D eigenvalue weighted by molar-refractivity contribution is -0.142. The normalized spacial score (nSPS) is 11.5. The molecule has 0 bridgehead atoms. The van der Waals surface area contributed by atoms with Crippen LogP contribution in [0, 0.1) is 0 Å². The quantitative estimate of drug-likeness (QED) is 0.432. The van der Waals surface area contributed by atoms with Gasteiger partial charge in [0, 0.05) is 19.5 Å². The minimum Gasteiger partial charge on any atom is -0.484 e. The van der Waals surface area contributed by atoms with Gasteiger partial charge in [-0.15, -0.1) is 0 Å². The minimum atomic E-state index is -0.728. The summed E-state index contributed by atoms with van der Waals surface area (Å²) in [7, 11) is 0. The van der Waals surface area contributed by atoms with Crippen LogP contribution < -0.4 is 10.1 Å². The van der Waals surface area contributed by atoms with E-state index in [-0.39, 0.29) is 25.0 Å². The Bertz CT molecular complexity index is 1060. The molecule has 1 atom stereocenters. The highest BCUT2D eigenvalue weighted by molar-refractivity contribution is 6.42. The fourth-order valence-electron chi connectivity index (χ4n) is 3.43. The topological polar surface area (TPSA) is 58.6 Å². The zero-order valence-corrected chi connectivity index (χ0v) is 19.9. The first-order valence-electron chi connectivity index (χ1n) is 10.7. The standard InChI is InChI=1S/C26H26Cl2N2O3/c1-2-29-26(32)24(16-19-9-5-3-6-10-19)30(17-20-13-14-22(27)23(28)15-20)25(31)18-33-21-11-7-4-8-12-21/h3-15,24H,2,16-18H2,1H3,(H,29,32). The Balaban J connectivity index is 1.90. The number of likely N-dealkylation sites (N-methyl/N-ethyl adjacent to an activating group) is 1. The summed E-state index contributed by atoms with van der Waals surface area (Å²) in [5, 5.41) is 3.68. The van der Waals surface area contributed by atoms with Gasteiger partial charge >= 0.3 is 0 Å². The van der Waals surface area contributed by atoms with E-state index in [1.54, 1.807) is 35.2 Å². The molecule has 3 rings (SSSR count). The molecule has 0 radical (unpaired) electrons. The monoisotopic (exact) mass is 484 g/mol. The predicted molar refractivity (Wildman–Crippen MR) is 132 cm³/mol. The smallest absolute Gasteiger partial charge is 0.261 e. The van der Waals surface area contributed by atoms with Crippen molar-refractivity contribution >= 4 is 35.0 Å². The van der Waals surface area contributed by atoms with Crippen molar-refractivity contribution in [2.45, 2.75) is 25.9 Å². The maximum Gasteiger partial charge on any atom is 0.261 e. The Hall–Kier alpha value is -3.02. The maximum atomic E-state index is 13.4. The van der Waals surface area contributed by atoms with Gasteiger partial charge in [0.05, 0.1) is 10.0 Å². The number of nitrogens with one attached hydrogen (secondary N) is 1. The van der Waals surface area contributed by atoms with Crippen molar-refractivity contribution in [1.29, 1.82) is 0 Å². The molecule has 0 saturated heterocycles. The lowest BCUT2D eigenvalue weighted by Gasteiger charge is -2.31. The molecule has 0 aliphatic rings. The summed E-state index contributed by atoms with van der Waals surface area (Å²) in [6, 6.07) is 23.2. The number of nitrogens with zero attached hydrogens (tertiary/aromatic N) is 1. The van der Waals surface area contributed by atoms with Crippen molar-refractivity contribution in [2.75, 3.05) is 13.2 Å². The number of amides is 2. The molecule has 3 aromatic rings. The zero-order chi connectivity index (χ0) is 23.6. The molecule has 172 valence electrons. The van der Waals surface area contributed by atoms with Crippen LogP contribution in [0.25, 0.3) is 0 Å². The predicted octanol–water partition coefficient (Wildman–Crippen LogP) is 5.15. The number of rotatable bonds is 10. The van der Waals surface area contributed by atoms with Gasteiger partial charge in [0.2, 0.25) is 5.91 Å². The van der Waals surface area contributed by atoms with Crippen LogP contribution in [0.4, 0.5) is 0 Å². The van der Waals surface area contributed by atoms with Crippen LogP contribution in [0.2, 0.25) is 10.0 Å². The lowest BCUT2D eigenvalue weighted by Crippen LogP contribution is -2.51. The first kappa shape index (κ1) is 24.6. The van der Waals surface area contributed by atoms with E-state index in [2.05, 4.69) is 5.32 Å². The second-order valence-corrected chi connectivity index (χ2v) is 8.29.